The summed E-state index contributed by atoms with van der Waals surface area (Å²) >= 11 is 2.34. The molecule has 3 heteroatoms. The zero-order chi connectivity index (χ0) is 13.2. The molecule has 94 valence electrons. The Morgan fingerprint density at radius 1 is 0.947 bits per heavy atom. The van der Waals surface area contributed by atoms with Crippen LogP contribution < -0.4 is 0 Å². The Bertz CT molecular complexity index is 702. The fraction of sp³-hybridized carbons (Fsp3) is 0.0625. The van der Waals surface area contributed by atoms with Crippen LogP contribution in [0.25, 0.3) is 22.6 Å². The lowest BCUT2D eigenvalue weighted by atomic mass is 10.1. The second-order valence-electron chi connectivity index (χ2n) is 4.40. The highest BCUT2D eigenvalue weighted by molar-refractivity contribution is 14.1. The van der Waals surface area contributed by atoms with Gasteiger partial charge in [0.2, 0.25) is 0 Å². The lowest BCUT2D eigenvalue weighted by Gasteiger charge is -1.99. The van der Waals surface area contributed by atoms with Gasteiger partial charge in [-0.25, -0.2) is 4.98 Å². The number of aryl methyl sites for hydroxylation is 1. The van der Waals surface area contributed by atoms with Crippen molar-refractivity contribution >= 4 is 22.6 Å². The molecular weight excluding hydrogens is 347 g/mol. The predicted molar refractivity (Wildman–Crippen MR) is 86.9 cm³/mol. The van der Waals surface area contributed by atoms with Gasteiger partial charge >= 0.3 is 0 Å². The minimum absolute atomic E-state index is 0.932. The monoisotopic (exact) mass is 360 g/mol. The lowest BCUT2D eigenvalue weighted by molar-refractivity contribution is 1.25. The lowest BCUT2D eigenvalue weighted by Crippen LogP contribution is -1.84. The zero-order valence-corrected chi connectivity index (χ0v) is 12.7. The van der Waals surface area contributed by atoms with Crippen LogP contribution >= 0.6 is 22.6 Å². The molecule has 2 nitrogen and oxygen atoms in total. The summed E-state index contributed by atoms with van der Waals surface area (Å²) in [5, 5.41) is 0. The van der Waals surface area contributed by atoms with E-state index in [1.807, 2.05) is 30.3 Å². The summed E-state index contributed by atoms with van der Waals surface area (Å²) in [4.78, 5) is 8.14. The smallest absolute Gasteiger partial charge is 0.139 e. The first-order valence-electron chi connectivity index (χ1n) is 6.12. The van der Waals surface area contributed by atoms with Crippen molar-refractivity contribution in [3.63, 3.8) is 0 Å². The Morgan fingerprint density at radius 3 is 2.37 bits per heavy atom. The van der Waals surface area contributed by atoms with Crippen LogP contribution in [0.1, 0.15) is 5.69 Å². The first kappa shape index (κ1) is 12.4. The van der Waals surface area contributed by atoms with Gasteiger partial charge in [0.1, 0.15) is 5.82 Å². The van der Waals surface area contributed by atoms with Crippen LogP contribution in [0.15, 0.2) is 54.6 Å². The molecule has 2 aromatic carbocycles. The largest absolute Gasteiger partial charge is 0.342 e. The number of H-pyrrole nitrogens is 1. The third kappa shape index (κ3) is 2.42. The molecule has 0 aliphatic rings. The molecule has 0 saturated heterocycles. The zero-order valence-electron chi connectivity index (χ0n) is 10.5. The van der Waals surface area contributed by atoms with Gasteiger partial charge in [-0.05, 0) is 35.6 Å². The molecule has 1 aromatic heterocycles. The Labute approximate surface area is 126 Å². The summed E-state index contributed by atoms with van der Waals surface area (Å²) in [6, 6.07) is 18.5. The van der Waals surface area contributed by atoms with E-state index in [1.54, 1.807) is 0 Å². The molecule has 1 heterocycles. The second kappa shape index (κ2) is 5.17. The van der Waals surface area contributed by atoms with E-state index < -0.39 is 0 Å². The molecule has 0 atom stereocenters. The Morgan fingerprint density at radius 2 is 1.63 bits per heavy atom. The van der Waals surface area contributed by atoms with Crippen molar-refractivity contribution in [1.29, 1.82) is 0 Å². The SMILES string of the molecule is Cc1[nH]c(-c2ccccc2I)nc1-c1ccccc1. The quantitative estimate of drug-likeness (QED) is 0.662. The van der Waals surface area contributed by atoms with E-state index in [1.165, 1.54) is 3.57 Å². The van der Waals surface area contributed by atoms with Gasteiger partial charge in [-0.1, -0.05) is 48.5 Å². The van der Waals surface area contributed by atoms with Crippen molar-refractivity contribution in [2.45, 2.75) is 6.92 Å². The van der Waals surface area contributed by atoms with Crippen LogP contribution in [0.2, 0.25) is 0 Å². The summed E-state index contributed by atoms with van der Waals surface area (Å²) in [5.41, 5.74) is 4.41. The molecule has 0 aliphatic carbocycles. The van der Waals surface area contributed by atoms with E-state index in [4.69, 9.17) is 4.98 Å². The van der Waals surface area contributed by atoms with E-state index in [0.717, 1.165) is 28.3 Å². The second-order valence-corrected chi connectivity index (χ2v) is 5.57. The Balaban J connectivity index is 2.10. The van der Waals surface area contributed by atoms with Crippen molar-refractivity contribution in [3.05, 3.63) is 63.9 Å². The van der Waals surface area contributed by atoms with E-state index in [2.05, 4.69) is 58.8 Å². The van der Waals surface area contributed by atoms with Gasteiger partial charge in [-0.2, -0.15) is 0 Å². The minimum atomic E-state index is 0.932. The maximum absolute atomic E-state index is 4.75. The molecule has 19 heavy (non-hydrogen) atoms. The highest BCUT2D eigenvalue weighted by Crippen LogP contribution is 2.27. The Kier molecular flexibility index (Phi) is 3.38. The van der Waals surface area contributed by atoms with Crippen LogP contribution in [-0.2, 0) is 0 Å². The summed E-state index contributed by atoms with van der Waals surface area (Å²) in [6.07, 6.45) is 0. The van der Waals surface area contributed by atoms with Crippen LogP contribution in [0.5, 0.6) is 0 Å². The molecule has 0 radical (unpaired) electrons. The number of aromatic amines is 1. The van der Waals surface area contributed by atoms with Crippen molar-refractivity contribution in [2.24, 2.45) is 0 Å². The number of nitrogens with one attached hydrogen (secondary N) is 1. The maximum atomic E-state index is 4.75. The molecule has 3 rings (SSSR count). The maximum Gasteiger partial charge on any atom is 0.139 e. The van der Waals surface area contributed by atoms with Gasteiger partial charge in [0.25, 0.3) is 0 Å². The molecule has 0 fully saturated rings. The Hall–Kier alpha value is -1.62. The predicted octanol–water partition coefficient (Wildman–Crippen LogP) is 4.66. The summed E-state index contributed by atoms with van der Waals surface area (Å²) in [5.74, 6) is 0.932. The molecule has 1 N–H and O–H groups in total. The van der Waals surface area contributed by atoms with Gasteiger partial charge in [0.05, 0.1) is 5.69 Å². The van der Waals surface area contributed by atoms with Crippen molar-refractivity contribution in [3.8, 4) is 22.6 Å². The average Bonchev–Trinajstić information content (AvgIpc) is 2.82. The molecule has 0 saturated carbocycles. The first-order chi connectivity index (χ1) is 9.25. The molecule has 0 aliphatic heterocycles. The van der Waals surface area contributed by atoms with E-state index >= 15 is 0 Å². The van der Waals surface area contributed by atoms with Gasteiger partial charge in [-0.15, -0.1) is 0 Å². The highest BCUT2D eigenvalue weighted by Gasteiger charge is 2.11. The summed E-state index contributed by atoms with van der Waals surface area (Å²) in [6.45, 7) is 2.06. The van der Waals surface area contributed by atoms with Crippen LogP contribution in [0.3, 0.4) is 0 Å². The van der Waals surface area contributed by atoms with Gasteiger partial charge in [0.15, 0.2) is 0 Å². The summed E-state index contributed by atoms with van der Waals surface area (Å²) in [7, 11) is 0. The van der Waals surface area contributed by atoms with Crippen molar-refractivity contribution in [1.82, 2.24) is 9.97 Å². The normalized spacial score (nSPS) is 10.6. The number of imidazole rings is 1. The number of hydrogen-bond acceptors (Lipinski definition) is 1. The standard InChI is InChI=1S/C16H13IN2/c1-11-15(12-7-3-2-4-8-12)19-16(18-11)13-9-5-6-10-14(13)17/h2-10H,1H3,(H,18,19). The number of rotatable bonds is 2. The average molecular weight is 360 g/mol. The molecule has 3 aromatic rings. The van der Waals surface area contributed by atoms with Gasteiger partial charge in [0, 0.05) is 20.4 Å². The number of halogens is 1. The van der Waals surface area contributed by atoms with Crippen molar-refractivity contribution < 1.29 is 0 Å². The van der Waals surface area contributed by atoms with Crippen LogP contribution in [-0.4, -0.2) is 9.97 Å². The third-order valence-electron chi connectivity index (χ3n) is 3.06. The highest BCUT2D eigenvalue weighted by atomic mass is 127. The molecule has 0 spiro atoms. The number of benzene rings is 2. The van der Waals surface area contributed by atoms with Crippen LogP contribution in [0.4, 0.5) is 0 Å². The number of aromatic nitrogens is 2. The fourth-order valence-electron chi connectivity index (χ4n) is 2.12. The number of nitrogens with zero attached hydrogens (tertiary/aromatic N) is 1. The first-order valence-corrected chi connectivity index (χ1v) is 7.20. The summed E-state index contributed by atoms with van der Waals surface area (Å²) < 4.78 is 1.20. The van der Waals surface area contributed by atoms with Gasteiger partial charge < -0.3 is 4.98 Å². The van der Waals surface area contributed by atoms with E-state index in [-0.39, 0.29) is 0 Å². The topological polar surface area (TPSA) is 28.7 Å². The fourth-order valence-corrected chi connectivity index (χ4v) is 2.76. The third-order valence-corrected chi connectivity index (χ3v) is 4.00. The van der Waals surface area contributed by atoms with Crippen LogP contribution in [0, 0.1) is 10.5 Å². The van der Waals surface area contributed by atoms with E-state index in [0.29, 0.717) is 0 Å². The number of hydrogen-bond donors (Lipinski definition) is 1. The molecule has 0 amide bonds. The van der Waals surface area contributed by atoms with E-state index in [9.17, 15) is 0 Å². The molecule has 0 unspecified atom stereocenters. The minimum Gasteiger partial charge on any atom is -0.342 e. The van der Waals surface area contributed by atoms with Gasteiger partial charge in [-0.3, -0.25) is 0 Å². The molecular formula is C16H13IN2. The molecule has 0 bridgehead atoms. The van der Waals surface area contributed by atoms with Crippen molar-refractivity contribution in [2.75, 3.05) is 0 Å².